The molecule has 0 radical (unpaired) electrons. The molecule has 1 saturated heterocycles. The van der Waals surface area contributed by atoms with Gasteiger partial charge in [0.05, 0.1) is 6.61 Å². The molecular weight excluding hydrogens is 384 g/mol. The Hall–Kier alpha value is -2.44. The number of carbonyl (C=O) groups excluding carboxylic acids is 2. The van der Waals surface area contributed by atoms with Gasteiger partial charge in [-0.15, -0.1) is 11.3 Å². The Bertz CT molecular complexity index is 912. The van der Waals surface area contributed by atoms with Crippen molar-refractivity contribution in [2.45, 2.75) is 32.4 Å². The van der Waals surface area contributed by atoms with E-state index in [1.165, 1.54) is 22.5 Å². The van der Waals surface area contributed by atoms with Gasteiger partial charge in [-0.2, -0.15) is 0 Å². The van der Waals surface area contributed by atoms with Crippen LogP contribution in [-0.4, -0.2) is 46.4 Å². The number of rotatable bonds is 4. The molecule has 2 aliphatic heterocycles. The van der Waals surface area contributed by atoms with Crippen molar-refractivity contribution in [3.8, 4) is 0 Å². The lowest BCUT2D eigenvalue weighted by Crippen LogP contribution is -2.45. The molecule has 1 N–H and O–H groups in total. The average Bonchev–Trinajstić information content (AvgIpc) is 3.25. The van der Waals surface area contributed by atoms with Gasteiger partial charge in [-0.1, -0.05) is 24.3 Å². The number of hydrogen-bond acceptors (Lipinski definition) is 4. The Morgan fingerprint density at radius 2 is 1.86 bits per heavy atom. The molecule has 2 aromatic rings. The van der Waals surface area contributed by atoms with Crippen LogP contribution in [0.4, 0.5) is 0 Å². The first-order valence-corrected chi connectivity index (χ1v) is 11.0. The number of likely N-dealkylation sites (tertiary alicyclic amines) is 1. The average molecular weight is 411 g/mol. The van der Waals surface area contributed by atoms with Gasteiger partial charge < -0.3 is 14.9 Å². The van der Waals surface area contributed by atoms with Crippen LogP contribution in [0.5, 0.6) is 0 Å². The molecule has 0 unspecified atom stereocenters. The molecule has 2 aliphatic rings. The summed E-state index contributed by atoms with van der Waals surface area (Å²) in [6, 6.07) is 10.2. The summed E-state index contributed by atoms with van der Waals surface area (Å²) >= 11 is 1.51. The van der Waals surface area contributed by atoms with Crippen LogP contribution in [0, 0.1) is 5.92 Å². The molecule has 1 fully saturated rings. The van der Waals surface area contributed by atoms with Crippen molar-refractivity contribution in [1.29, 1.82) is 0 Å². The summed E-state index contributed by atoms with van der Waals surface area (Å²) in [4.78, 5) is 30.2. The predicted molar refractivity (Wildman–Crippen MR) is 114 cm³/mol. The Morgan fingerprint density at radius 1 is 1.10 bits per heavy atom. The van der Waals surface area contributed by atoms with Crippen LogP contribution >= 0.6 is 11.3 Å². The highest BCUT2D eigenvalue weighted by Crippen LogP contribution is 2.25. The van der Waals surface area contributed by atoms with E-state index < -0.39 is 0 Å². The smallest absolute Gasteiger partial charge is 0.246 e. The Labute approximate surface area is 175 Å². The third kappa shape index (κ3) is 4.60. The summed E-state index contributed by atoms with van der Waals surface area (Å²) in [5, 5.41) is 11.0. The SMILES string of the molecule is O=C(/C=C/c1cc(CO)cs1)N1CCC(C(=O)N2CCc3ccccc3C2)CC1. The highest BCUT2D eigenvalue weighted by molar-refractivity contribution is 7.11. The maximum atomic E-state index is 13.0. The summed E-state index contributed by atoms with van der Waals surface area (Å²) in [6.07, 6.45) is 5.77. The number of fused-ring (bicyclic) bond motifs is 1. The number of benzene rings is 1. The second-order valence-electron chi connectivity index (χ2n) is 7.73. The van der Waals surface area contributed by atoms with Crippen LogP contribution in [0.25, 0.3) is 6.08 Å². The summed E-state index contributed by atoms with van der Waals surface area (Å²) < 4.78 is 0. The van der Waals surface area contributed by atoms with E-state index in [0.717, 1.165) is 36.2 Å². The molecule has 0 atom stereocenters. The van der Waals surface area contributed by atoms with E-state index >= 15 is 0 Å². The molecule has 3 heterocycles. The molecule has 0 aliphatic carbocycles. The second-order valence-corrected chi connectivity index (χ2v) is 8.67. The van der Waals surface area contributed by atoms with Crippen LogP contribution in [0.3, 0.4) is 0 Å². The number of aliphatic hydroxyl groups excluding tert-OH is 1. The van der Waals surface area contributed by atoms with Crippen molar-refractivity contribution in [2.75, 3.05) is 19.6 Å². The highest BCUT2D eigenvalue weighted by Gasteiger charge is 2.31. The van der Waals surface area contributed by atoms with E-state index in [9.17, 15) is 9.59 Å². The van der Waals surface area contributed by atoms with Gasteiger partial charge in [0.2, 0.25) is 11.8 Å². The topological polar surface area (TPSA) is 60.9 Å². The molecule has 0 bridgehead atoms. The first-order chi connectivity index (χ1) is 14.1. The largest absolute Gasteiger partial charge is 0.392 e. The van der Waals surface area contributed by atoms with Crippen molar-refractivity contribution in [3.05, 3.63) is 63.4 Å². The summed E-state index contributed by atoms with van der Waals surface area (Å²) in [7, 11) is 0. The number of hydrogen-bond donors (Lipinski definition) is 1. The Balaban J connectivity index is 1.29. The zero-order valence-corrected chi connectivity index (χ0v) is 17.2. The van der Waals surface area contributed by atoms with Crippen molar-refractivity contribution in [2.24, 2.45) is 5.92 Å². The normalized spacial score (nSPS) is 17.6. The first-order valence-electron chi connectivity index (χ1n) is 10.1. The second kappa shape index (κ2) is 8.93. The fraction of sp³-hybridized carbons (Fsp3) is 0.391. The molecule has 1 aromatic carbocycles. The van der Waals surface area contributed by atoms with Crippen LogP contribution in [0.15, 0.2) is 41.8 Å². The van der Waals surface area contributed by atoms with E-state index in [4.69, 9.17) is 5.11 Å². The zero-order valence-electron chi connectivity index (χ0n) is 16.4. The Kier molecular flexibility index (Phi) is 6.11. The fourth-order valence-electron chi connectivity index (χ4n) is 4.11. The molecule has 29 heavy (non-hydrogen) atoms. The van der Waals surface area contributed by atoms with E-state index in [2.05, 4.69) is 18.2 Å². The van der Waals surface area contributed by atoms with Gasteiger partial charge in [-0.05, 0) is 53.5 Å². The van der Waals surface area contributed by atoms with Gasteiger partial charge in [0.1, 0.15) is 0 Å². The van der Waals surface area contributed by atoms with E-state index in [0.29, 0.717) is 19.6 Å². The predicted octanol–water partition coefficient (Wildman–Crippen LogP) is 3.08. The Morgan fingerprint density at radius 3 is 2.59 bits per heavy atom. The van der Waals surface area contributed by atoms with Gasteiger partial charge >= 0.3 is 0 Å². The lowest BCUT2D eigenvalue weighted by atomic mass is 9.93. The monoisotopic (exact) mass is 410 g/mol. The number of thiophene rings is 1. The fourth-order valence-corrected chi connectivity index (χ4v) is 4.91. The van der Waals surface area contributed by atoms with Crippen LogP contribution in [-0.2, 0) is 29.2 Å². The van der Waals surface area contributed by atoms with Crippen LogP contribution < -0.4 is 0 Å². The number of aliphatic hydroxyl groups is 1. The number of amides is 2. The summed E-state index contributed by atoms with van der Waals surface area (Å²) in [5.41, 5.74) is 3.46. The third-order valence-corrected chi connectivity index (χ3v) is 6.79. The minimum Gasteiger partial charge on any atom is -0.392 e. The molecule has 0 saturated carbocycles. The van der Waals surface area contributed by atoms with Crippen molar-refractivity contribution in [3.63, 3.8) is 0 Å². The van der Waals surface area contributed by atoms with Crippen molar-refractivity contribution < 1.29 is 14.7 Å². The first kappa shape index (κ1) is 19.9. The molecule has 4 rings (SSSR count). The molecule has 152 valence electrons. The quantitative estimate of drug-likeness (QED) is 0.788. The van der Waals surface area contributed by atoms with Gasteiger partial charge in [0.25, 0.3) is 0 Å². The summed E-state index contributed by atoms with van der Waals surface area (Å²) in [6.45, 7) is 2.75. The van der Waals surface area contributed by atoms with Crippen molar-refractivity contribution >= 4 is 29.2 Å². The lowest BCUT2D eigenvalue weighted by Gasteiger charge is -2.35. The minimum absolute atomic E-state index is 0.0118. The number of carbonyl (C=O) groups is 2. The van der Waals surface area contributed by atoms with Gasteiger partial charge in [-0.25, -0.2) is 0 Å². The van der Waals surface area contributed by atoms with Crippen LogP contribution in [0.1, 0.15) is 34.4 Å². The van der Waals surface area contributed by atoms with Crippen molar-refractivity contribution in [1.82, 2.24) is 9.80 Å². The molecule has 5 nitrogen and oxygen atoms in total. The zero-order chi connectivity index (χ0) is 20.2. The number of piperidine rings is 1. The van der Waals surface area contributed by atoms with E-state index in [1.54, 1.807) is 12.2 Å². The molecule has 6 heteroatoms. The van der Waals surface area contributed by atoms with E-state index in [-0.39, 0.29) is 24.3 Å². The summed E-state index contributed by atoms with van der Waals surface area (Å²) in [5.74, 6) is 0.233. The molecule has 0 spiro atoms. The number of nitrogens with zero attached hydrogens (tertiary/aromatic N) is 2. The van der Waals surface area contributed by atoms with Gasteiger partial charge in [0, 0.05) is 43.1 Å². The molecule has 2 amide bonds. The van der Waals surface area contributed by atoms with E-state index in [1.807, 2.05) is 27.3 Å². The highest BCUT2D eigenvalue weighted by atomic mass is 32.1. The third-order valence-electron chi connectivity index (χ3n) is 5.84. The van der Waals surface area contributed by atoms with Gasteiger partial charge in [-0.3, -0.25) is 9.59 Å². The maximum absolute atomic E-state index is 13.0. The van der Waals surface area contributed by atoms with Crippen LogP contribution in [0.2, 0.25) is 0 Å². The van der Waals surface area contributed by atoms with Gasteiger partial charge in [0.15, 0.2) is 0 Å². The standard InChI is InChI=1S/C23H26N2O3S/c26-15-17-13-21(29-16-17)5-6-22(27)24-10-8-19(9-11-24)23(28)25-12-7-18-3-1-2-4-20(18)14-25/h1-6,13,16,19,26H,7-12,14-15H2/b6-5+. The molecular formula is C23H26N2O3S. The minimum atomic E-state index is -0.0123. The lowest BCUT2D eigenvalue weighted by molar-refractivity contribution is -0.140. The maximum Gasteiger partial charge on any atom is 0.246 e. The molecule has 1 aromatic heterocycles.